The van der Waals surface area contributed by atoms with Crippen molar-refractivity contribution in [1.82, 2.24) is 10.6 Å². The predicted molar refractivity (Wildman–Crippen MR) is 114 cm³/mol. The molecule has 1 aliphatic heterocycles. The number of carbonyl (C=O) groups excluding carboxylic acids is 2. The lowest BCUT2D eigenvalue weighted by molar-refractivity contribution is -0.137. The number of aliphatic carboxylic acids is 1. The number of thiol groups is 1. The summed E-state index contributed by atoms with van der Waals surface area (Å²) < 4.78 is 0. The van der Waals surface area contributed by atoms with Gasteiger partial charge in [-0.05, 0) is 25.2 Å². The van der Waals surface area contributed by atoms with Crippen LogP contribution in [0.4, 0.5) is 0 Å². The minimum absolute atomic E-state index is 0.134. The molecule has 3 atom stereocenters. The molecular formula is C21H38N2O4S. The van der Waals surface area contributed by atoms with Crippen molar-refractivity contribution < 1.29 is 19.5 Å². The number of carboxylic acid groups (broad SMARTS) is 1. The molecule has 1 fully saturated rings. The van der Waals surface area contributed by atoms with Crippen molar-refractivity contribution in [3.05, 3.63) is 0 Å². The lowest BCUT2D eigenvalue weighted by Gasteiger charge is -2.26. The summed E-state index contributed by atoms with van der Waals surface area (Å²) in [7, 11) is 0. The number of amides is 2. The summed E-state index contributed by atoms with van der Waals surface area (Å²) in [6, 6.07) is -0.562. The largest absolute Gasteiger partial charge is 0.481 e. The Hall–Kier alpha value is -1.24. The van der Waals surface area contributed by atoms with E-state index in [0.717, 1.165) is 32.1 Å². The molecule has 7 heteroatoms. The van der Waals surface area contributed by atoms with Crippen molar-refractivity contribution in [3.63, 3.8) is 0 Å². The number of hydrogen-bond acceptors (Lipinski definition) is 4. The molecule has 0 radical (unpaired) electrons. The van der Waals surface area contributed by atoms with Gasteiger partial charge in [-0.3, -0.25) is 14.4 Å². The van der Waals surface area contributed by atoms with Crippen molar-refractivity contribution in [3.8, 4) is 0 Å². The van der Waals surface area contributed by atoms with Crippen LogP contribution in [0.3, 0.4) is 0 Å². The summed E-state index contributed by atoms with van der Waals surface area (Å²) in [5.74, 6) is -1.67. The lowest BCUT2D eigenvalue weighted by Crippen LogP contribution is -2.50. The van der Waals surface area contributed by atoms with Gasteiger partial charge in [0.1, 0.15) is 6.04 Å². The molecule has 0 bridgehead atoms. The Labute approximate surface area is 175 Å². The SMILES string of the molecule is CC(C)CC(C(=O)NC1CCCCCCCCCCNC1=O)C(S)CC(=O)O. The molecule has 0 spiro atoms. The molecule has 28 heavy (non-hydrogen) atoms. The maximum Gasteiger partial charge on any atom is 0.304 e. The first-order valence-corrected chi connectivity index (χ1v) is 11.3. The van der Waals surface area contributed by atoms with E-state index in [-0.39, 0.29) is 24.2 Å². The Morgan fingerprint density at radius 1 is 1.11 bits per heavy atom. The van der Waals surface area contributed by atoms with Crippen LogP contribution in [0.1, 0.15) is 84.5 Å². The van der Waals surface area contributed by atoms with E-state index < -0.39 is 23.2 Å². The topological polar surface area (TPSA) is 95.5 Å². The van der Waals surface area contributed by atoms with E-state index in [1.165, 1.54) is 19.3 Å². The average Bonchev–Trinajstić information content (AvgIpc) is 2.63. The highest BCUT2D eigenvalue weighted by Gasteiger charge is 2.31. The van der Waals surface area contributed by atoms with E-state index in [4.69, 9.17) is 5.11 Å². The zero-order valence-electron chi connectivity index (χ0n) is 17.4. The summed E-state index contributed by atoms with van der Waals surface area (Å²) in [5.41, 5.74) is 0. The van der Waals surface area contributed by atoms with Gasteiger partial charge in [0.25, 0.3) is 0 Å². The highest BCUT2D eigenvalue weighted by Crippen LogP contribution is 2.23. The van der Waals surface area contributed by atoms with Gasteiger partial charge < -0.3 is 15.7 Å². The highest BCUT2D eigenvalue weighted by atomic mass is 32.1. The second-order valence-corrected chi connectivity index (χ2v) is 9.03. The molecule has 3 N–H and O–H groups in total. The van der Waals surface area contributed by atoms with Gasteiger partial charge in [0.2, 0.25) is 11.8 Å². The van der Waals surface area contributed by atoms with Crippen LogP contribution in [-0.4, -0.2) is 40.7 Å². The van der Waals surface area contributed by atoms with Crippen LogP contribution in [0.2, 0.25) is 0 Å². The zero-order chi connectivity index (χ0) is 20.9. The fraction of sp³-hybridized carbons (Fsp3) is 0.857. The first kappa shape index (κ1) is 24.8. The first-order valence-electron chi connectivity index (χ1n) is 10.8. The molecule has 1 heterocycles. The number of carbonyl (C=O) groups is 3. The fourth-order valence-corrected chi connectivity index (χ4v) is 4.10. The molecule has 1 aliphatic rings. The minimum Gasteiger partial charge on any atom is -0.481 e. The Balaban J connectivity index is 2.77. The Bertz CT molecular complexity index is 499. The standard InChI is InChI=1S/C21H38N2O4S/c1-15(2)13-16(18(28)14-19(24)25)20(26)23-17-11-9-7-5-3-4-6-8-10-12-22-21(17)27/h15-18,28H,3-14H2,1-2H3,(H,22,27)(H,23,26)(H,24,25). The van der Waals surface area contributed by atoms with Crippen LogP contribution in [-0.2, 0) is 14.4 Å². The third-order valence-electron chi connectivity index (χ3n) is 5.26. The second kappa shape index (κ2) is 13.9. The minimum atomic E-state index is -0.971. The number of rotatable bonds is 7. The van der Waals surface area contributed by atoms with Crippen LogP contribution in [0.25, 0.3) is 0 Å². The molecule has 0 aromatic rings. The molecule has 0 aliphatic carbocycles. The molecular weight excluding hydrogens is 376 g/mol. The van der Waals surface area contributed by atoms with E-state index >= 15 is 0 Å². The van der Waals surface area contributed by atoms with Gasteiger partial charge in [0.15, 0.2) is 0 Å². The highest BCUT2D eigenvalue weighted by molar-refractivity contribution is 7.81. The summed E-state index contributed by atoms with van der Waals surface area (Å²) in [5, 5.41) is 14.3. The van der Waals surface area contributed by atoms with E-state index in [1.807, 2.05) is 13.8 Å². The van der Waals surface area contributed by atoms with Crippen LogP contribution in [0.5, 0.6) is 0 Å². The van der Waals surface area contributed by atoms with E-state index in [2.05, 4.69) is 23.3 Å². The van der Waals surface area contributed by atoms with E-state index in [1.54, 1.807) is 0 Å². The molecule has 162 valence electrons. The fourth-order valence-electron chi connectivity index (χ4n) is 3.68. The van der Waals surface area contributed by atoms with Crippen molar-refractivity contribution >= 4 is 30.4 Å². The van der Waals surface area contributed by atoms with Crippen LogP contribution in [0, 0.1) is 11.8 Å². The molecule has 0 aromatic heterocycles. The summed E-state index contributed by atoms with van der Waals surface area (Å²) in [6.07, 6.45) is 9.85. The first-order chi connectivity index (χ1) is 13.3. The predicted octanol–water partition coefficient (Wildman–Crippen LogP) is 3.55. The zero-order valence-corrected chi connectivity index (χ0v) is 18.3. The monoisotopic (exact) mass is 414 g/mol. The van der Waals surface area contributed by atoms with Crippen LogP contribution in [0.15, 0.2) is 0 Å². The molecule has 1 rings (SSSR count). The average molecular weight is 415 g/mol. The summed E-state index contributed by atoms with van der Waals surface area (Å²) in [4.78, 5) is 36.6. The molecule has 1 saturated heterocycles. The third kappa shape index (κ3) is 10.3. The summed E-state index contributed by atoms with van der Waals surface area (Å²) in [6.45, 7) is 4.62. The van der Waals surface area contributed by atoms with Crippen molar-refractivity contribution in [2.75, 3.05) is 6.54 Å². The van der Waals surface area contributed by atoms with Crippen molar-refractivity contribution in [2.45, 2.75) is 95.8 Å². The Morgan fingerprint density at radius 2 is 1.68 bits per heavy atom. The molecule has 6 nitrogen and oxygen atoms in total. The van der Waals surface area contributed by atoms with Crippen molar-refractivity contribution in [2.24, 2.45) is 11.8 Å². The third-order valence-corrected chi connectivity index (χ3v) is 5.80. The van der Waals surface area contributed by atoms with E-state index in [0.29, 0.717) is 19.4 Å². The van der Waals surface area contributed by atoms with Crippen LogP contribution < -0.4 is 10.6 Å². The molecule has 0 saturated carbocycles. The second-order valence-electron chi connectivity index (χ2n) is 8.37. The van der Waals surface area contributed by atoms with Gasteiger partial charge in [-0.15, -0.1) is 0 Å². The molecule has 0 aromatic carbocycles. The quantitative estimate of drug-likeness (QED) is 0.479. The number of carboxylic acids is 1. The van der Waals surface area contributed by atoms with Gasteiger partial charge in [-0.2, -0.15) is 12.6 Å². The normalized spacial score (nSPS) is 22.1. The maximum absolute atomic E-state index is 12.9. The molecule has 3 unspecified atom stereocenters. The number of hydrogen-bond donors (Lipinski definition) is 4. The maximum atomic E-state index is 12.9. The lowest BCUT2D eigenvalue weighted by atomic mass is 9.91. The van der Waals surface area contributed by atoms with Gasteiger partial charge >= 0.3 is 5.97 Å². The van der Waals surface area contributed by atoms with E-state index in [9.17, 15) is 14.4 Å². The Kier molecular flexibility index (Phi) is 12.3. The molecule has 2 amide bonds. The van der Waals surface area contributed by atoms with Gasteiger partial charge in [0, 0.05) is 11.8 Å². The van der Waals surface area contributed by atoms with Gasteiger partial charge in [0.05, 0.1) is 12.3 Å². The van der Waals surface area contributed by atoms with Gasteiger partial charge in [-0.1, -0.05) is 58.8 Å². The Morgan fingerprint density at radius 3 is 2.25 bits per heavy atom. The van der Waals surface area contributed by atoms with Crippen molar-refractivity contribution in [1.29, 1.82) is 0 Å². The van der Waals surface area contributed by atoms with Crippen LogP contribution >= 0.6 is 12.6 Å². The smallest absolute Gasteiger partial charge is 0.304 e. The summed E-state index contributed by atoms with van der Waals surface area (Å²) >= 11 is 4.38. The van der Waals surface area contributed by atoms with Gasteiger partial charge in [-0.25, -0.2) is 0 Å². The number of nitrogens with one attached hydrogen (secondary N) is 2.